The average Bonchev–Trinajstić information content (AvgIpc) is 2.28. The molecule has 0 radical (unpaired) electrons. The lowest BCUT2D eigenvalue weighted by Crippen LogP contribution is -2.51. The highest BCUT2D eigenvalue weighted by atomic mass is 16.3. The fourth-order valence-electron chi connectivity index (χ4n) is 2.25. The first kappa shape index (κ1) is 12.1. The van der Waals surface area contributed by atoms with Crippen LogP contribution in [-0.4, -0.2) is 23.7 Å². The molecular weight excluding hydrogens is 216 g/mol. The number of carbonyl (C=O) groups is 1. The summed E-state index contributed by atoms with van der Waals surface area (Å²) in [6.45, 7) is 2.49. The van der Waals surface area contributed by atoms with E-state index in [-0.39, 0.29) is 12.0 Å². The summed E-state index contributed by atoms with van der Waals surface area (Å²) in [6.07, 6.45) is 0.811. The quantitative estimate of drug-likeness (QED) is 0.722. The lowest BCUT2D eigenvalue weighted by Gasteiger charge is -2.42. The maximum atomic E-state index is 11.7. The Labute approximate surface area is 101 Å². The van der Waals surface area contributed by atoms with Crippen molar-refractivity contribution in [2.75, 3.05) is 6.54 Å². The van der Waals surface area contributed by atoms with Gasteiger partial charge < -0.3 is 16.2 Å². The molecule has 17 heavy (non-hydrogen) atoms. The van der Waals surface area contributed by atoms with Gasteiger partial charge in [-0.2, -0.15) is 0 Å². The van der Waals surface area contributed by atoms with Crippen LogP contribution in [0.25, 0.3) is 0 Å². The summed E-state index contributed by atoms with van der Waals surface area (Å²) in [5, 5.41) is 12.1. The predicted octanol–water partition coefficient (Wildman–Crippen LogP) is 0.745. The normalized spacial score (nSPS) is 27.4. The summed E-state index contributed by atoms with van der Waals surface area (Å²) in [6, 6.07) is 7.33. The van der Waals surface area contributed by atoms with Gasteiger partial charge in [-0.1, -0.05) is 12.1 Å². The Hall–Kier alpha value is -1.39. The van der Waals surface area contributed by atoms with Gasteiger partial charge in [0.15, 0.2) is 0 Å². The highest BCUT2D eigenvalue weighted by Crippen LogP contribution is 2.39. The molecule has 1 fully saturated rings. The highest BCUT2D eigenvalue weighted by molar-refractivity contribution is 5.94. The SMILES string of the molecule is CCNC(=O)c1cccc(C2(N)CC(O)C2)c1. The number of carbonyl (C=O) groups excluding carboxylic acids is 1. The van der Waals surface area contributed by atoms with Crippen LogP contribution in [0, 0.1) is 0 Å². The molecule has 4 N–H and O–H groups in total. The third kappa shape index (κ3) is 2.33. The molecule has 1 aromatic rings. The largest absolute Gasteiger partial charge is 0.393 e. The third-order valence-electron chi connectivity index (χ3n) is 3.24. The molecule has 0 bridgehead atoms. The summed E-state index contributed by atoms with van der Waals surface area (Å²) >= 11 is 0. The van der Waals surface area contributed by atoms with Crippen LogP contribution in [-0.2, 0) is 5.54 Å². The molecule has 0 atom stereocenters. The number of hydrogen-bond acceptors (Lipinski definition) is 3. The lowest BCUT2D eigenvalue weighted by atomic mass is 9.70. The number of aliphatic hydroxyl groups is 1. The summed E-state index contributed by atoms with van der Waals surface area (Å²) in [5.41, 5.74) is 7.24. The van der Waals surface area contributed by atoms with Gasteiger partial charge in [0.05, 0.1) is 6.10 Å². The first-order valence-corrected chi connectivity index (χ1v) is 5.91. The fourth-order valence-corrected chi connectivity index (χ4v) is 2.25. The summed E-state index contributed by atoms with van der Waals surface area (Å²) in [7, 11) is 0. The molecule has 0 aromatic heterocycles. The van der Waals surface area contributed by atoms with E-state index in [1.807, 2.05) is 25.1 Å². The molecule has 92 valence electrons. The number of nitrogens with two attached hydrogens (primary N) is 1. The molecule has 1 amide bonds. The topological polar surface area (TPSA) is 75.4 Å². The van der Waals surface area contributed by atoms with E-state index in [0.29, 0.717) is 24.9 Å². The van der Waals surface area contributed by atoms with Crippen LogP contribution < -0.4 is 11.1 Å². The zero-order valence-electron chi connectivity index (χ0n) is 9.94. The molecule has 4 heteroatoms. The number of benzene rings is 1. The van der Waals surface area contributed by atoms with E-state index >= 15 is 0 Å². The first-order chi connectivity index (χ1) is 8.05. The predicted molar refractivity (Wildman–Crippen MR) is 65.6 cm³/mol. The number of amides is 1. The van der Waals surface area contributed by atoms with E-state index in [1.54, 1.807) is 6.07 Å². The van der Waals surface area contributed by atoms with Crippen LogP contribution in [0.4, 0.5) is 0 Å². The van der Waals surface area contributed by atoms with Gasteiger partial charge in [0.1, 0.15) is 0 Å². The van der Waals surface area contributed by atoms with E-state index in [9.17, 15) is 9.90 Å². The van der Waals surface area contributed by atoms with Gasteiger partial charge in [0.2, 0.25) is 0 Å². The summed E-state index contributed by atoms with van der Waals surface area (Å²) in [5.74, 6) is -0.0854. The van der Waals surface area contributed by atoms with Crippen LogP contribution in [0.15, 0.2) is 24.3 Å². The van der Waals surface area contributed by atoms with Crippen molar-refractivity contribution in [1.29, 1.82) is 0 Å². The van der Waals surface area contributed by atoms with E-state index in [0.717, 1.165) is 5.56 Å². The summed E-state index contributed by atoms with van der Waals surface area (Å²) in [4.78, 5) is 11.7. The Bertz CT molecular complexity index is 425. The second kappa shape index (κ2) is 4.47. The van der Waals surface area contributed by atoms with Crippen LogP contribution in [0.5, 0.6) is 0 Å². The second-order valence-corrected chi connectivity index (χ2v) is 4.66. The van der Waals surface area contributed by atoms with Crippen molar-refractivity contribution in [3.8, 4) is 0 Å². The van der Waals surface area contributed by atoms with E-state index < -0.39 is 5.54 Å². The molecule has 0 saturated heterocycles. The van der Waals surface area contributed by atoms with Gasteiger partial charge in [-0.3, -0.25) is 4.79 Å². The minimum absolute atomic E-state index is 0.0854. The Morgan fingerprint density at radius 1 is 1.59 bits per heavy atom. The maximum absolute atomic E-state index is 11.7. The molecule has 1 aromatic carbocycles. The lowest BCUT2D eigenvalue weighted by molar-refractivity contribution is 0.0209. The third-order valence-corrected chi connectivity index (χ3v) is 3.24. The number of nitrogens with one attached hydrogen (secondary N) is 1. The zero-order valence-corrected chi connectivity index (χ0v) is 9.94. The standard InChI is InChI=1S/C13H18N2O2/c1-2-15-12(17)9-4-3-5-10(6-9)13(14)7-11(16)8-13/h3-6,11,16H,2,7-8,14H2,1H3,(H,15,17). The van der Waals surface area contributed by atoms with Gasteiger partial charge in [-0.05, 0) is 37.5 Å². The van der Waals surface area contributed by atoms with Crippen molar-refractivity contribution in [2.24, 2.45) is 5.73 Å². The Balaban J connectivity index is 2.20. The number of rotatable bonds is 3. The van der Waals surface area contributed by atoms with Crippen molar-refractivity contribution >= 4 is 5.91 Å². The molecule has 0 heterocycles. The first-order valence-electron chi connectivity index (χ1n) is 5.91. The Morgan fingerprint density at radius 3 is 2.88 bits per heavy atom. The molecule has 0 unspecified atom stereocenters. The van der Waals surface area contributed by atoms with Gasteiger partial charge in [-0.15, -0.1) is 0 Å². The molecule has 0 spiro atoms. The van der Waals surface area contributed by atoms with Crippen molar-refractivity contribution in [3.05, 3.63) is 35.4 Å². The smallest absolute Gasteiger partial charge is 0.251 e. The zero-order chi connectivity index (χ0) is 12.5. The van der Waals surface area contributed by atoms with E-state index in [4.69, 9.17) is 5.73 Å². The van der Waals surface area contributed by atoms with Crippen LogP contribution in [0.1, 0.15) is 35.7 Å². The van der Waals surface area contributed by atoms with Crippen molar-refractivity contribution in [1.82, 2.24) is 5.32 Å². The van der Waals surface area contributed by atoms with Crippen molar-refractivity contribution in [3.63, 3.8) is 0 Å². The van der Waals surface area contributed by atoms with Gasteiger partial charge in [0.25, 0.3) is 5.91 Å². The fraction of sp³-hybridized carbons (Fsp3) is 0.462. The highest BCUT2D eigenvalue weighted by Gasteiger charge is 2.41. The molecular formula is C13H18N2O2. The molecule has 1 saturated carbocycles. The van der Waals surface area contributed by atoms with Crippen molar-refractivity contribution in [2.45, 2.75) is 31.4 Å². The molecule has 0 aliphatic heterocycles. The Morgan fingerprint density at radius 2 is 2.29 bits per heavy atom. The minimum atomic E-state index is -0.470. The van der Waals surface area contributed by atoms with Crippen LogP contribution in [0.3, 0.4) is 0 Å². The second-order valence-electron chi connectivity index (χ2n) is 4.66. The molecule has 4 nitrogen and oxygen atoms in total. The molecule has 1 aliphatic carbocycles. The number of aliphatic hydroxyl groups excluding tert-OH is 1. The molecule has 2 rings (SSSR count). The molecule has 1 aliphatic rings. The van der Waals surface area contributed by atoms with Crippen LogP contribution >= 0.6 is 0 Å². The van der Waals surface area contributed by atoms with Crippen molar-refractivity contribution < 1.29 is 9.90 Å². The maximum Gasteiger partial charge on any atom is 0.251 e. The summed E-state index contributed by atoms with van der Waals surface area (Å²) < 4.78 is 0. The number of hydrogen-bond donors (Lipinski definition) is 3. The van der Waals surface area contributed by atoms with Gasteiger partial charge in [0, 0.05) is 17.6 Å². The monoisotopic (exact) mass is 234 g/mol. The van der Waals surface area contributed by atoms with Gasteiger partial charge >= 0.3 is 0 Å². The van der Waals surface area contributed by atoms with E-state index in [2.05, 4.69) is 5.32 Å². The van der Waals surface area contributed by atoms with E-state index in [1.165, 1.54) is 0 Å². The van der Waals surface area contributed by atoms with Crippen LogP contribution in [0.2, 0.25) is 0 Å². The van der Waals surface area contributed by atoms with Gasteiger partial charge in [-0.25, -0.2) is 0 Å². The Kier molecular flexibility index (Phi) is 3.17. The minimum Gasteiger partial charge on any atom is -0.393 e. The average molecular weight is 234 g/mol.